The Labute approximate surface area is 148 Å². The standard InChI is InChI=1S/C16H18N4O4S/c1-3-12-14(25-20-19-12)16(23)24-9-13(21)18-11-7-5-6-10(8-11)15(22)17-4-2/h5-8H,3-4,9H2,1-2H3,(H,17,22)(H,18,21). The van der Waals surface area contributed by atoms with Crippen LogP contribution < -0.4 is 10.6 Å². The summed E-state index contributed by atoms with van der Waals surface area (Å²) in [6, 6.07) is 6.49. The smallest absolute Gasteiger partial charge is 0.352 e. The minimum atomic E-state index is -0.627. The third-order valence-electron chi connectivity index (χ3n) is 3.16. The molecule has 0 aliphatic carbocycles. The number of nitrogens with one attached hydrogen (secondary N) is 2. The molecule has 0 spiro atoms. The number of carbonyl (C=O) groups is 3. The molecule has 0 bridgehead atoms. The zero-order valence-corrected chi connectivity index (χ0v) is 14.7. The Kier molecular flexibility index (Phi) is 6.58. The Balaban J connectivity index is 1.91. The Hall–Kier alpha value is -2.81. The third kappa shape index (κ3) is 5.08. The van der Waals surface area contributed by atoms with Crippen LogP contribution in [0.5, 0.6) is 0 Å². The van der Waals surface area contributed by atoms with E-state index in [-0.39, 0.29) is 5.91 Å². The highest BCUT2D eigenvalue weighted by Gasteiger charge is 2.18. The van der Waals surface area contributed by atoms with E-state index in [1.165, 1.54) is 0 Å². The van der Waals surface area contributed by atoms with Crippen molar-refractivity contribution < 1.29 is 19.1 Å². The lowest BCUT2D eigenvalue weighted by Gasteiger charge is -2.08. The van der Waals surface area contributed by atoms with Crippen molar-refractivity contribution in [1.82, 2.24) is 14.9 Å². The summed E-state index contributed by atoms with van der Waals surface area (Å²) in [5.74, 6) is -1.36. The van der Waals surface area contributed by atoms with Crippen molar-refractivity contribution in [2.75, 3.05) is 18.5 Å². The van der Waals surface area contributed by atoms with Crippen LogP contribution in [0.15, 0.2) is 24.3 Å². The Morgan fingerprint density at radius 2 is 2.04 bits per heavy atom. The quantitative estimate of drug-likeness (QED) is 0.725. The first kappa shape index (κ1) is 18.5. The van der Waals surface area contributed by atoms with E-state index in [0.29, 0.717) is 34.8 Å². The first-order valence-corrected chi connectivity index (χ1v) is 8.49. The van der Waals surface area contributed by atoms with Crippen molar-refractivity contribution in [2.24, 2.45) is 0 Å². The molecule has 0 saturated carbocycles. The van der Waals surface area contributed by atoms with Crippen LogP contribution in [0.25, 0.3) is 0 Å². The van der Waals surface area contributed by atoms with Crippen LogP contribution in [0, 0.1) is 0 Å². The zero-order valence-electron chi connectivity index (χ0n) is 13.9. The largest absolute Gasteiger partial charge is 0.451 e. The van der Waals surface area contributed by atoms with E-state index >= 15 is 0 Å². The lowest BCUT2D eigenvalue weighted by Crippen LogP contribution is -2.23. The lowest BCUT2D eigenvalue weighted by molar-refractivity contribution is -0.119. The van der Waals surface area contributed by atoms with Crippen LogP contribution in [-0.4, -0.2) is 40.5 Å². The van der Waals surface area contributed by atoms with Crippen molar-refractivity contribution in [3.8, 4) is 0 Å². The van der Waals surface area contributed by atoms with Crippen molar-refractivity contribution >= 4 is 35.0 Å². The van der Waals surface area contributed by atoms with Gasteiger partial charge in [0.2, 0.25) is 0 Å². The van der Waals surface area contributed by atoms with Gasteiger partial charge in [-0.25, -0.2) is 4.79 Å². The molecule has 0 radical (unpaired) electrons. The number of aryl methyl sites for hydroxylation is 1. The number of amides is 2. The average Bonchev–Trinajstić information content (AvgIpc) is 3.09. The molecule has 0 atom stereocenters. The molecule has 2 amide bonds. The van der Waals surface area contributed by atoms with E-state index in [1.54, 1.807) is 24.3 Å². The number of hydrogen-bond donors (Lipinski definition) is 2. The molecular weight excluding hydrogens is 344 g/mol. The second-order valence-electron chi connectivity index (χ2n) is 4.97. The highest BCUT2D eigenvalue weighted by Crippen LogP contribution is 2.13. The van der Waals surface area contributed by atoms with Gasteiger partial charge in [-0.1, -0.05) is 17.5 Å². The highest BCUT2D eigenvalue weighted by atomic mass is 32.1. The van der Waals surface area contributed by atoms with Gasteiger partial charge in [0.15, 0.2) is 11.5 Å². The number of ether oxygens (including phenoxy) is 1. The summed E-state index contributed by atoms with van der Waals surface area (Å²) >= 11 is 0.936. The maximum atomic E-state index is 11.9. The van der Waals surface area contributed by atoms with E-state index in [9.17, 15) is 14.4 Å². The molecule has 8 nitrogen and oxygen atoms in total. The molecule has 1 heterocycles. The number of nitrogens with zero attached hydrogens (tertiary/aromatic N) is 2. The SMILES string of the molecule is CCNC(=O)c1cccc(NC(=O)COC(=O)c2snnc2CC)c1. The maximum absolute atomic E-state index is 11.9. The van der Waals surface area contributed by atoms with Gasteiger partial charge in [0.05, 0.1) is 5.69 Å². The number of benzene rings is 1. The molecule has 0 aliphatic heterocycles. The summed E-state index contributed by atoms with van der Waals surface area (Å²) in [4.78, 5) is 35.9. The molecule has 0 saturated heterocycles. The van der Waals surface area contributed by atoms with Gasteiger partial charge in [0.25, 0.3) is 11.8 Å². The second kappa shape index (κ2) is 8.88. The summed E-state index contributed by atoms with van der Waals surface area (Å²) in [6.07, 6.45) is 0.555. The number of carbonyl (C=O) groups excluding carboxylic acids is 3. The van der Waals surface area contributed by atoms with Crippen molar-refractivity contribution in [2.45, 2.75) is 20.3 Å². The Morgan fingerprint density at radius 1 is 1.24 bits per heavy atom. The molecule has 1 aromatic heterocycles. The fraction of sp³-hybridized carbons (Fsp3) is 0.312. The van der Waals surface area contributed by atoms with Crippen molar-refractivity contribution in [3.63, 3.8) is 0 Å². The fourth-order valence-corrected chi connectivity index (χ4v) is 2.63. The first-order chi connectivity index (χ1) is 12.0. The van der Waals surface area contributed by atoms with Crippen LogP contribution in [-0.2, 0) is 16.0 Å². The van der Waals surface area contributed by atoms with Crippen LogP contribution in [0.1, 0.15) is 39.6 Å². The van der Waals surface area contributed by atoms with Crippen molar-refractivity contribution in [1.29, 1.82) is 0 Å². The normalized spacial score (nSPS) is 10.2. The minimum Gasteiger partial charge on any atom is -0.451 e. The third-order valence-corrected chi connectivity index (χ3v) is 3.90. The van der Waals surface area contributed by atoms with Gasteiger partial charge < -0.3 is 15.4 Å². The molecule has 2 N–H and O–H groups in total. The van der Waals surface area contributed by atoms with E-state index in [0.717, 1.165) is 11.5 Å². The second-order valence-corrected chi connectivity index (χ2v) is 5.72. The molecule has 132 valence electrons. The van der Waals surface area contributed by atoms with Gasteiger partial charge in [-0.05, 0) is 43.1 Å². The molecule has 2 rings (SSSR count). The van der Waals surface area contributed by atoms with Crippen molar-refractivity contribution in [3.05, 3.63) is 40.4 Å². The number of anilines is 1. The van der Waals surface area contributed by atoms with Crippen LogP contribution >= 0.6 is 11.5 Å². The molecule has 1 aromatic carbocycles. The van der Waals surface area contributed by atoms with E-state index in [1.807, 2.05) is 13.8 Å². The number of aromatic nitrogens is 2. The van der Waals surface area contributed by atoms with Gasteiger partial charge >= 0.3 is 5.97 Å². The van der Waals surface area contributed by atoms with Gasteiger partial charge in [-0.2, -0.15) is 0 Å². The van der Waals surface area contributed by atoms with E-state index < -0.39 is 18.5 Å². The summed E-state index contributed by atoms with van der Waals surface area (Å²) in [5.41, 5.74) is 1.42. The number of rotatable bonds is 7. The predicted octanol–water partition coefficient (Wildman–Crippen LogP) is 1.65. The molecular formula is C16H18N4O4S. The highest BCUT2D eigenvalue weighted by molar-refractivity contribution is 7.07. The lowest BCUT2D eigenvalue weighted by atomic mass is 10.2. The Morgan fingerprint density at radius 3 is 2.76 bits per heavy atom. The van der Waals surface area contributed by atoms with E-state index in [4.69, 9.17) is 4.74 Å². The molecule has 0 aliphatic rings. The molecule has 0 unspecified atom stereocenters. The predicted molar refractivity (Wildman–Crippen MR) is 92.6 cm³/mol. The molecule has 25 heavy (non-hydrogen) atoms. The summed E-state index contributed by atoms with van der Waals surface area (Å²) in [5, 5.41) is 9.08. The van der Waals surface area contributed by atoms with Crippen LogP contribution in [0.2, 0.25) is 0 Å². The fourth-order valence-electron chi connectivity index (χ4n) is 1.99. The van der Waals surface area contributed by atoms with E-state index in [2.05, 4.69) is 20.2 Å². The van der Waals surface area contributed by atoms with Crippen LogP contribution in [0.3, 0.4) is 0 Å². The number of esters is 1. The average molecular weight is 362 g/mol. The van der Waals surface area contributed by atoms with Gasteiger partial charge in [0, 0.05) is 17.8 Å². The van der Waals surface area contributed by atoms with Crippen LogP contribution in [0.4, 0.5) is 5.69 Å². The first-order valence-electron chi connectivity index (χ1n) is 7.71. The Bertz CT molecular complexity index is 775. The van der Waals surface area contributed by atoms with Gasteiger partial charge in [-0.15, -0.1) is 5.10 Å². The summed E-state index contributed by atoms with van der Waals surface area (Å²) in [7, 11) is 0. The monoisotopic (exact) mass is 362 g/mol. The molecule has 9 heteroatoms. The minimum absolute atomic E-state index is 0.227. The number of hydrogen-bond acceptors (Lipinski definition) is 7. The summed E-state index contributed by atoms with van der Waals surface area (Å²) in [6.45, 7) is 3.74. The maximum Gasteiger partial charge on any atom is 0.352 e. The molecule has 2 aromatic rings. The topological polar surface area (TPSA) is 110 Å². The summed E-state index contributed by atoms with van der Waals surface area (Å²) < 4.78 is 8.68. The van der Waals surface area contributed by atoms with Gasteiger partial charge in [-0.3, -0.25) is 9.59 Å². The van der Waals surface area contributed by atoms with Gasteiger partial charge in [0.1, 0.15) is 0 Å². The molecule has 0 fully saturated rings. The zero-order chi connectivity index (χ0) is 18.2.